The number of ether oxygens (including phenoxy) is 1. The van der Waals surface area contributed by atoms with Crippen molar-refractivity contribution in [3.8, 4) is 0 Å². The molecule has 0 bridgehead atoms. The number of rotatable bonds is 3. The van der Waals surface area contributed by atoms with Crippen LogP contribution in [0, 0.1) is 5.92 Å². The standard InChI is InChI=1S/C16H23N5O/c1-19-16-14(10-18-19)15(2-4-17-16)21-7-5-20(6-8-21)11-13-3-9-22-12-13/h2,4,10,13H,3,5-9,11-12H2,1H3/t13-/m1/s1. The van der Waals surface area contributed by atoms with Gasteiger partial charge >= 0.3 is 0 Å². The highest BCUT2D eigenvalue weighted by Crippen LogP contribution is 2.26. The van der Waals surface area contributed by atoms with Crippen molar-refractivity contribution in [2.45, 2.75) is 6.42 Å². The van der Waals surface area contributed by atoms with E-state index in [1.54, 1.807) is 0 Å². The average molecular weight is 301 g/mol. The maximum atomic E-state index is 5.49. The number of aromatic nitrogens is 3. The number of nitrogens with zero attached hydrogens (tertiary/aromatic N) is 5. The lowest BCUT2D eigenvalue weighted by Crippen LogP contribution is -2.48. The summed E-state index contributed by atoms with van der Waals surface area (Å²) in [5.74, 6) is 0.734. The lowest BCUT2D eigenvalue weighted by Gasteiger charge is -2.37. The Labute approximate surface area is 130 Å². The second-order valence-corrected chi connectivity index (χ2v) is 6.35. The molecular formula is C16H23N5O. The van der Waals surface area contributed by atoms with Gasteiger partial charge < -0.3 is 9.64 Å². The molecule has 0 amide bonds. The molecule has 2 fully saturated rings. The van der Waals surface area contributed by atoms with Crippen molar-refractivity contribution < 1.29 is 4.74 Å². The highest BCUT2D eigenvalue weighted by Gasteiger charge is 2.23. The molecule has 2 aromatic heterocycles. The molecule has 0 saturated carbocycles. The van der Waals surface area contributed by atoms with Gasteiger partial charge in [0.1, 0.15) is 0 Å². The highest BCUT2D eigenvalue weighted by atomic mass is 16.5. The van der Waals surface area contributed by atoms with Crippen molar-refractivity contribution in [1.29, 1.82) is 0 Å². The van der Waals surface area contributed by atoms with Crippen LogP contribution in [0.15, 0.2) is 18.5 Å². The van der Waals surface area contributed by atoms with E-state index < -0.39 is 0 Å². The van der Waals surface area contributed by atoms with Gasteiger partial charge in [-0.25, -0.2) is 4.98 Å². The normalized spacial score (nSPS) is 23.5. The van der Waals surface area contributed by atoms with Gasteiger partial charge in [-0.1, -0.05) is 0 Å². The number of hydrogen-bond donors (Lipinski definition) is 0. The Balaban J connectivity index is 1.44. The van der Waals surface area contributed by atoms with Crippen LogP contribution in [-0.4, -0.2) is 65.6 Å². The highest BCUT2D eigenvalue weighted by molar-refractivity contribution is 5.89. The van der Waals surface area contributed by atoms with Crippen molar-refractivity contribution in [3.05, 3.63) is 18.5 Å². The molecule has 4 heterocycles. The predicted octanol–water partition coefficient (Wildman–Crippen LogP) is 1.13. The molecule has 4 rings (SSSR count). The third-order valence-electron chi connectivity index (χ3n) is 4.87. The first kappa shape index (κ1) is 14.0. The van der Waals surface area contributed by atoms with E-state index >= 15 is 0 Å². The van der Waals surface area contributed by atoms with Gasteiger partial charge in [0.05, 0.1) is 23.9 Å². The molecule has 0 spiro atoms. The van der Waals surface area contributed by atoms with Gasteiger partial charge in [-0.2, -0.15) is 5.10 Å². The van der Waals surface area contributed by atoms with E-state index in [9.17, 15) is 0 Å². The molecule has 2 aliphatic rings. The zero-order chi connectivity index (χ0) is 14.9. The number of hydrogen-bond acceptors (Lipinski definition) is 5. The fourth-order valence-corrected chi connectivity index (χ4v) is 3.57. The van der Waals surface area contributed by atoms with Crippen molar-refractivity contribution in [1.82, 2.24) is 19.7 Å². The fraction of sp³-hybridized carbons (Fsp3) is 0.625. The summed E-state index contributed by atoms with van der Waals surface area (Å²) in [4.78, 5) is 9.48. The van der Waals surface area contributed by atoms with Crippen LogP contribution in [0.5, 0.6) is 0 Å². The second kappa shape index (κ2) is 5.85. The molecule has 0 unspecified atom stereocenters. The van der Waals surface area contributed by atoms with Gasteiger partial charge in [-0.05, 0) is 18.4 Å². The maximum Gasteiger partial charge on any atom is 0.159 e. The smallest absolute Gasteiger partial charge is 0.159 e. The third-order valence-corrected chi connectivity index (χ3v) is 4.87. The number of piperazine rings is 1. The summed E-state index contributed by atoms with van der Waals surface area (Å²) in [6.07, 6.45) is 5.04. The molecule has 2 aliphatic heterocycles. The first-order chi connectivity index (χ1) is 10.8. The molecule has 0 N–H and O–H groups in total. The quantitative estimate of drug-likeness (QED) is 0.850. The molecule has 118 valence electrons. The molecule has 6 nitrogen and oxygen atoms in total. The number of fused-ring (bicyclic) bond motifs is 1. The summed E-state index contributed by atoms with van der Waals surface area (Å²) in [5, 5.41) is 5.49. The summed E-state index contributed by atoms with van der Waals surface area (Å²) in [6, 6.07) is 2.12. The van der Waals surface area contributed by atoms with Gasteiger partial charge in [-0.15, -0.1) is 0 Å². The van der Waals surface area contributed by atoms with E-state index in [4.69, 9.17) is 4.74 Å². The Morgan fingerprint density at radius 3 is 2.91 bits per heavy atom. The maximum absolute atomic E-state index is 5.49. The Morgan fingerprint density at radius 1 is 1.27 bits per heavy atom. The van der Waals surface area contributed by atoms with Crippen molar-refractivity contribution in [2.75, 3.05) is 50.8 Å². The van der Waals surface area contributed by atoms with Gasteiger partial charge in [0.15, 0.2) is 5.65 Å². The van der Waals surface area contributed by atoms with E-state index in [0.29, 0.717) is 0 Å². The Hall–Kier alpha value is -1.66. The Kier molecular flexibility index (Phi) is 3.72. The van der Waals surface area contributed by atoms with Crippen molar-refractivity contribution >= 4 is 16.7 Å². The van der Waals surface area contributed by atoms with Crippen molar-refractivity contribution in [2.24, 2.45) is 13.0 Å². The van der Waals surface area contributed by atoms with Gasteiger partial charge in [-0.3, -0.25) is 9.58 Å². The molecular weight excluding hydrogens is 278 g/mol. The van der Waals surface area contributed by atoms with E-state index in [0.717, 1.165) is 56.3 Å². The largest absolute Gasteiger partial charge is 0.381 e. The van der Waals surface area contributed by atoms with Crippen LogP contribution in [-0.2, 0) is 11.8 Å². The zero-order valence-electron chi connectivity index (χ0n) is 13.1. The van der Waals surface area contributed by atoms with Crippen LogP contribution >= 0.6 is 0 Å². The summed E-state index contributed by atoms with van der Waals surface area (Å²) >= 11 is 0. The lowest BCUT2D eigenvalue weighted by atomic mass is 10.1. The zero-order valence-corrected chi connectivity index (χ0v) is 13.1. The average Bonchev–Trinajstić information content (AvgIpc) is 3.18. The minimum Gasteiger partial charge on any atom is -0.381 e. The molecule has 6 heteroatoms. The summed E-state index contributed by atoms with van der Waals surface area (Å²) in [6.45, 7) is 7.47. The molecule has 1 atom stereocenters. The SMILES string of the molecule is Cn1ncc2c(N3CCN(C[C@H]4CCOC4)CC3)ccnc21. The minimum atomic E-state index is 0.734. The van der Waals surface area contributed by atoms with E-state index in [1.807, 2.05) is 24.1 Å². The van der Waals surface area contributed by atoms with E-state index in [1.165, 1.54) is 18.7 Å². The van der Waals surface area contributed by atoms with Crippen LogP contribution in [0.3, 0.4) is 0 Å². The first-order valence-electron chi connectivity index (χ1n) is 8.13. The number of aryl methyl sites for hydroxylation is 1. The van der Waals surface area contributed by atoms with Crippen LogP contribution in [0.25, 0.3) is 11.0 Å². The van der Waals surface area contributed by atoms with Gasteiger partial charge in [0.25, 0.3) is 0 Å². The van der Waals surface area contributed by atoms with Gasteiger partial charge in [0.2, 0.25) is 0 Å². The molecule has 0 aromatic carbocycles. The molecule has 2 aromatic rings. The molecule has 22 heavy (non-hydrogen) atoms. The Morgan fingerprint density at radius 2 is 2.14 bits per heavy atom. The molecule has 0 aliphatic carbocycles. The molecule has 2 saturated heterocycles. The number of anilines is 1. The second-order valence-electron chi connectivity index (χ2n) is 6.35. The summed E-state index contributed by atoms with van der Waals surface area (Å²) < 4.78 is 7.33. The van der Waals surface area contributed by atoms with Crippen LogP contribution < -0.4 is 4.90 Å². The predicted molar refractivity (Wildman–Crippen MR) is 86.1 cm³/mol. The third kappa shape index (κ3) is 2.57. The van der Waals surface area contributed by atoms with E-state index in [2.05, 4.69) is 25.9 Å². The first-order valence-corrected chi connectivity index (χ1v) is 8.13. The number of pyridine rings is 1. The summed E-state index contributed by atoms with van der Waals surface area (Å²) in [5.41, 5.74) is 2.23. The topological polar surface area (TPSA) is 46.4 Å². The molecule has 0 radical (unpaired) electrons. The fourth-order valence-electron chi connectivity index (χ4n) is 3.57. The van der Waals surface area contributed by atoms with Crippen LogP contribution in [0.2, 0.25) is 0 Å². The Bertz CT molecular complexity index is 641. The van der Waals surface area contributed by atoms with Crippen LogP contribution in [0.4, 0.5) is 5.69 Å². The monoisotopic (exact) mass is 301 g/mol. The lowest BCUT2D eigenvalue weighted by molar-refractivity contribution is 0.164. The van der Waals surface area contributed by atoms with Gasteiger partial charge in [0, 0.05) is 52.6 Å². The van der Waals surface area contributed by atoms with Crippen molar-refractivity contribution in [3.63, 3.8) is 0 Å². The summed E-state index contributed by atoms with van der Waals surface area (Å²) in [7, 11) is 1.95. The minimum absolute atomic E-state index is 0.734. The van der Waals surface area contributed by atoms with Crippen LogP contribution in [0.1, 0.15) is 6.42 Å². The van der Waals surface area contributed by atoms with E-state index in [-0.39, 0.29) is 0 Å².